The predicted molar refractivity (Wildman–Crippen MR) is 88.9 cm³/mol. The Hall–Kier alpha value is -1.33. The number of carbonyl (C=O) groups excluding carboxylic acids is 1. The van der Waals surface area contributed by atoms with Crippen molar-refractivity contribution in [1.82, 2.24) is 0 Å². The molecule has 6 heteroatoms. The molecule has 0 radical (unpaired) electrons. The van der Waals surface area contributed by atoms with Gasteiger partial charge in [-0.2, -0.15) is 0 Å². The number of aliphatic carboxylic acids is 1. The fraction of sp³-hybridized carbons (Fsp3) is 0.125. The molecule has 0 spiro atoms. The van der Waals surface area contributed by atoms with Crippen LogP contribution in [0.4, 0.5) is 5.69 Å². The zero-order chi connectivity index (χ0) is 15.6. The SMILES string of the molecule is CC(C(=O)O)c1cccc(C(=O)c2ccc(Cl)cc2)c1N.[NaH]. The molecule has 0 bridgehead atoms. The number of nitrogens with two attached hydrogens (primary N) is 1. The summed E-state index contributed by atoms with van der Waals surface area (Å²) < 4.78 is 0. The Kier molecular flexibility index (Phi) is 6.63. The molecule has 2 rings (SSSR count). The molecule has 0 amide bonds. The normalized spacial score (nSPS) is 11.4. The Bertz CT molecular complexity index is 701. The van der Waals surface area contributed by atoms with Crippen molar-refractivity contribution >= 4 is 58.6 Å². The zero-order valence-corrected chi connectivity index (χ0v) is 12.1. The second-order valence-electron chi connectivity index (χ2n) is 4.70. The Morgan fingerprint density at radius 3 is 2.27 bits per heavy atom. The van der Waals surface area contributed by atoms with Crippen LogP contribution in [0.3, 0.4) is 0 Å². The van der Waals surface area contributed by atoms with Gasteiger partial charge in [0.2, 0.25) is 0 Å². The Labute approximate surface area is 155 Å². The number of ketones is 1. The number of hydrogen-bond donors (Lipinski definition) is 2. The molecule has 4 nitrogen and oxygen atoms in total. The molecule has 1 unspecified atom stereocenters. The first-order chi connectivity index (χ1) is 9.91. The van der Waals surface area contributed by atoms with E-state index in [-0.39, 0.29) is 41.0 Å². The third-order valence-corrected chi connectivity index (χ3v) is 3.58. The third-order valence-electron chi connectivity index (χ3n) is 3.33. The van der Waals surface area contributed by atoms with Crippen LogP contribution in [0.15, 0.2) is 42.5 Å². The monoisotopic (exact) mass is 327 g/mol. The van der Waals surface area contributed by atoms with Gasteiger partial charge in [-0.25, -0.2) is 0 Å². The molecule has 0 aliphatic heterocycles. The van der Waals surface area contributed by atoms with Gasteiger partial charge in [-0.15, -0.1) is 0 Å². The first-order valence-electron chi connectivity index (χ1n) is 6.33. The van der Waals surface area contributed by atoms with Crippen LogP contribution >= 0.6 is 11.6 Å². The van der Waals surface area contributed by atoms with E-state index in [1.54, 1.807) is 42.5 Å². The fourth-order valence-electron chi connectivity index (χ4n) is 2.05. The molecule has 0 heterocycles. The number of benzene rings is 2. The summed E-state index contributed by atoms with van der Waals surface area (Å²) in [6, 6.07) is 11.3. The summed E-state index contributed by atoms with van der Waals surface area (Å²) in [7, 11) is 0. The first kappa shape index (κ1) is 18.7. The zero-order valence-electron chi connectivity index (χ0n) is 11.3. The van der Waals surface area contributed by atoms with Gasteiger partial charge < -0.3 is 10.8 Å². The van der Waals surface area contributed by atoms with Gasteiger partial charge in [0.25, 0.3) is 0 Å². The maximum absolute atomic E-state index is 12.5. The molecule has 2 aromatic carbocycles. The first-order valence-corrected chi connectivity index (χ1v) is 6.71. The molecule has 0 saturated carbocycles. The van der Waals surface area contributed by atoms with Crippen molar-refractivity contribution in [1.29, 1.82) is 0 Å². The average molecular weight is 328 g/mol. The number of carboxylic acid groups (broad SMARTS) is 1. The van der Waals surface area contributed by atoms with Crippen LogP contribution in [0.5, 0.6) is 0 Å². The molecule has 3 N–H and O–H groups in total. The van der Waals surface area contributed by atoms with E-state index in [4.69, 9.17) is 22.4 Å². The number of anilines is 1. The van der Waals surface area contributed by atoms with Crippen LogP contribution in [0.1, 0.15) is 34.3 Å². The average Bonchev–Trinajstić information content (AvgIpc) is 2.47. The Morgan fingerprint density at radius 2 is 1.73 bits per heavy atom. The Morgan fingerprint density at radius 1 is 1.14 bits per heavy atom. The number of nitrogen functional groups attached to an aromatic ring is 1. The predicted octanol–water partition coefficient (Wildman–Crippen LogP) is 2.69. The number of hydrogen-bond acceptors (Lipinski definition) is 3. The standard InChI is InChI=1S/C16H14ClNO3.Na.H/c1-9(16(20)21)12-3-2-4-13(14(12)18)15(19)10-5-7-11(17)8-6-10;;/h2-9H,18H2,1H3,(H,20,21);;. The van der Waals surface area contributed by atoms with E-state index in [1.807, 2.05) is 0 Å². The summed E-state index contributed by atoms with van der Waals surface area (Å²) in [5.41, 5.74) is 7.36. The van der Waals surface area contributed by atoms with Crippen molar-refractivity contribution in [2.75, 3.05) is 5.73 Å². The summed E-state index contributed by atoms with van der Waals surface area (Å²) >= 11 is 5.79. The molecule has 0 aliphatic rings. The molecule has 0 fully saturated rings. The summed E-state index contributed by atoms with van der Waals surface area (Å²) in [5.74, 6) is -2.02. The van der Waals surface area contributed by atoms with E-state index in [0.29, 0.717) is 21.7 Å². The minimum atomic E-state index is -0.988. The van der Waals surface area contributed by atoms with E-state index in [1.165, 1.54) is 6.92 Å². The molecule has 0 aromatic heterocycles. The van der Waals surface area contributed by atoms with E-state index in [2.05, 4.69) is 0 Å². The number of halogens is 1. The van der Waals surface area contributed by atoms with Gasteiger partial charge in [-0.1, -0.05) is 23.7 Å². The number of carboxylic acids is 1. The van der Waals surface area contributed by atoms with Crippen molar-refractivity contribution < 1.29 is 14.7 Å². The van der Waals surface area contributed by atoms with E-state index in [0.717, 1.165) is 0 Å². The van der Waals surface area contributed by atoms with Crippen LogP contribution in [0.2, 0.25) is 5.02 Å². The Balaban J connectivity index is 0.00000242. The fourth-order valence-corrected chi connectivity index (χ4v) is 2.17. The van der Waals surface area contributed by atoms with Gasteiger partial charge in [0, 0.05) is 21.8 Å². The van der Waals surface area contributed by atoms with Crippen molar-refractivity contribution in [3.05, 3.63) is 64.2 Å². The van der Waals surface area contributed by atoms with Gasteiger partial charge in [-0.3, -0.25) is 9.59 Å². The summed E-state index contributed by atoms with van der Waals surface area (Å²) in [4.78, 5) is 23.5. The van der Waals surface area contributed by atoms with Crippen LogP contribution in [0, 0.1) is 0 Å². The second-order valence-corrected chi connectivity index (χ2v) is 5.14. The van der Waals surface area contributed by atoms with Gasteiger partial charge in [0.15, 0.2) is 5.78 Å². The third kappa shape index (κ3) is 3.90. The van der Waals surface area contributed by atoms with Crippen LogP contribution < -0.4 is 5.73 Å². The molecule has 2 aromatic rings. The van der Waals surface area contributed by atoms with Crippen LogP contribution in [-0.4, -0.2) is 46.4 Å². The number of rotatable bonds is 4. The molecular weight excluding hydrogens is 313 g/mol. The van der Waals surface area contributed by atoms with Crippen LogP contribution in [0.25, 0.3) is 0 Å². The van der Waals surface area contributed by atoms with Gasteiger partial charge in [-0.05, 0) is 42.8 Å². The van der Waals surface area contributed by atoms with Crippen molar-refractivity contribution in [2.24, 2.45) is 0 Å². The van der Waals surface area contributed by atoms with E-state index in [9.17, 15) is 9.59 Å². The summed E-state index contributed by atoms with van der Waals surface area (Å²) in [6.07, 6.45) is 0. The van der Waals surface area contributed by atoms with Crippen LogP contribution in [-0.2, 0) is 4.79 Å². The quantitative estimate of drug-likeness (QED) is 0.514. The van der Waals surface area contributed by atoms with Gasteiger partial charge in [0.1, 0.15) is 0 Å². The maximum atomic E-state index is 12.5. The molecule has 0 saturated heterocycles. The second kappa shape index (κ2) is 7.79. The molecule has 1 atom stereocenters. The molecule has 110 valence electrons. The summed E-state index contributed by atoms with van der Waals surface area (Å²) in [5, 5.41) is 9.62. The van der Waals surface area contributed by atoms with Crippen molar-refractivity contribution in [2.45, 2.75) is 12.8 Å². The molecular formula is C16H15ClNNaO3. The molecule has 0 aliphatic carbocycles. The van der Waals surface area contributed by atoms with Crippen molar-refractivity contribution in [3.8, 4) is 0 Å². The van der Waals surface area contributed by atoms with Gasteiger partial charge in [0.05, 0.1) is 5.92 Å². The van der Waals surface area contributed by atoms with Gasteiger partial charge >= 0.3 is 35.5 Å². The van der Waals surface area contributed by atoms with E-state index >= 15 is 0 Å². The molecule has 22 heavy (non-hydrogen) atoms. The van der Waals surface area contributed by atoms with Crippen molar-refractivity contribution in [3.63, 3.8) is 0 Å². The minimum absolute atomic E-state index is 0. The topological polar surface area (TPSA) is 80.4 Å². The summed E-state index contributed by atoms with van der Waals surface area (Å²) in [6.45, 7) is 1.53. The van der Waals surface area contributed by atoms with E-state index < -0.39 is 11.9 Å². The number of carbonyl (C=O) groups is 2. The number of para-hydroxylation sites is 1.